The van der Waals surface area contributed by atoms with Gasteiger partial charge in [0.1, 0.15) is 12.0 Å². The first-order valence-electron chi connectivity index (χ1n) is 7.42. The molecule has 114 valence electrons. The average molecular weight is 286 g/mol. The van der Waals surface area contributed by atoms with Gasteiger partial charge in [-0.1, -0.05) is 43.7 Å². The Morgan fingerprint density at radius 2 is 1.95 bits per heavy atom. The van der Waals surface area contributed by atoms with Crippen molar-refractivity contribution in [2.75, 3.05) is 7.11 Å². The smallest absolute Gasteiger partial charge is 0.142 e. The van der Waals surface area contributed by atoms with E-state index in [1.165, 1.54) is 36.5 Å². The molecule has 0 bridgehead atoms. The van der Waals surface area contributed by atoms with Crippen LogP contribution < -0.4 is 0 Å². The van der Waals surface area contributed by atoms with E-state index in [4.69, 9.17) is 4.74 Å². The first kappa shape index (κ1) is 17.2. The highest BCUT2D eigenvalue weighted by atomic mass is 16.5. The molecule has 0 aromatic rings. The van der Waals surface area contributed by atoms with E-state index in [2.05, 4.69) is 32.9 Å². The minimum atomic E-state index is 0.263. The molecule has 1 aliphatic rings. The Bertz CT molecular complexity index is 500. The van der Waals surface area contributed by atoms with E-state index in [1.54, 1.807) is 19.3 Å². The van der Waals surface area contributed by atoms with Crippen LogP contribution in [0.5, 0.6) is 0 Å². The van der Waals surface area contributed by atoms with Crippen LogP contribution >= 0.6 is 0 Å². The number of methoxy groups -OCH3 is 1. The van der Waals surface area contributed by atoms with Crippen molar-refractivity contribution < 1.29 is 9.53 Å². The van der Waals surface area contributed by atoms with Crippen molar-refractivity contribution in [3.8, 4) is 0 Å². The molecular formula is C19H26O2. The molecule has 0 atom stereocenters. The Morgan fingerprint density at radius 3 is 2.57 bits per heavy atom. The van der Waals surface area contributed by atoms with Crippen LogP contribution in [-0.4, -0.2) is 13.4 Å². The lowest BCUT2D eigenvalue weighted by atomic mass is 9.73. The Kier molecular flexibility index (Phi) is 6.93. The number of ether oxygens (including phenoxy) is 1. The number of hydrogen-bond acceptors (Lipinski definition) is 2. The molecular weight excluding hydrogens is 260 g/mol. The Morgan fingerprint density at radius 1 is 1.19 bits per heavy atom. The lowest BCUT2D eigenvalue weighted by molar-refractivity contribution is -0.104. The van der Waals surface area contributed by atoms with Crippen LogP contribution in [0.3, 0.4) is 0 Å². The summed E-state index contributed by atoms with van der Waals surface area (Å²) in [6.07, 6.45) is 17.4. The predicted molar refractivity (Wildman–Crippen MR) is 88.9 cm³/mol. The second kappa shape index (κ2) is 8.46. The molecule has 0 aliphatic heterocycles. The van der Waals surface area contributed by atoms with Crippen LogP contribution in [0.15, 0.2) is 59.4 Å². The number of rotatable bonds is 6. The molecule has 21 heavy (non-hydrogen) atoms. The SMILES string of the molecule is COC(/C=C/C=C/C1=C(C)CCCC1(C)C)=C/C=C/C=O. The van der Waals surface area contributed by atoms with Crippen LogP contribution in [-0.2, 0) is 9.53 Å². The van der Waals surface area contributed by atoms with Gasteiger partial charge in [-0.05, 0) is 55.4 Å². The van der Waals surface area contributed by atoms with Crippen molar-refractivity contribution in [2.24, 2.45) is 5.41 Å². The summed E-state index contributed by atoms with van der Waals surface area (Å²) < 4.78 is 5.21. The maximum Gasteiger partial charge on any atom is 0.142 e. The predicted octanol–water partition coefficient (Wildman–Crippen LogP) is 4.91. The summed E-state index contributed by atoms with van der Waals surface area (Å²) in [5.41, 5.74) is 3.20. The highest BCUT2D eigenvalue weighted by Crippen LogP contribution is 2.40. The molecule has 2 heteroatoms. The monoisotopic (exact) mass is 286 g/mol. The van der Waals surface area contributed by atoms with E-state index >= 15 is 0 Å². The third-order valence-electron chi connectivity index (χ3n) is 3.86. The quantitative estimate of drug-likeness (QED) is 0.300. The molecule has 1 rings (SSSR count). The molecule has 0 heterocycles. The van der Waals surface area contributed by atoms with E-state index in [1.807, 2.05) is 12.2 Å². The molecule has 1 aliphatic carbocycles. The normalized spacial score (nSPS) is 19.9. The molecule has 0 N–H and O–H groups in total. The lowest BCUT2D eigenvalue weighted by Gasteiger charge is -2.32. The fraction of sp³-hybridized carbons (Fsp3) is 0.421. The van der Waals surface area contributed by atoms with Gasteiger partial charge in [-0.2, -0.15) is 0 Å². The van der Waals surface area contributed by atoms with Gasteiger partial charge in [0.25, 0.3) is 0 Å². The zero-order chi connectivity index (χ0) is 15.7. The number of aldehydes is 1. The van der Waals surface area contributed by atoms with Gasteiger partial charge in [0.15, 0.2) is 0 Å². The zero-order valence-corrected chi connectivity index (χ0v) is 13.6. The topological polar surface area (TPSA) is 26.3 Å². The Hall–Kier alpha value is -1.83. The van der Waals surface area contributed by atoms with Crippen LogP contribution in [0.25, 0.3) is 0 Å². The molecule has 2 nitrogen and oxygen atoms in total. The molecule has 0 saturated heterocycles. The van der Waals surface area contributed by atoms with Gasteiger partial charge in [0.05, 0.1) is 7.11 Å². The molecule has 0 spiro atoms. The first-order valence-corrected chi connectivity index (χ1v) is 7.42. The summed E-state index contributed by atoms with van der Waals surface area (Å²) in [6.45, 7) is 6.85. The maximum atomic E-state index is 10.2. The van der Waals surface area contributed by atoms with Crippen molar-refractivity contribution >= 4 is 6.29 Å². The molecule has 0 aromatic heterocycles. The van der Waals surface area contributed by atoms with E-state index < -0.39 is 0 Å². The first-order chi connectivity index (χ1) is 10.0. The molecule has 0 aromatic carbocycles. The third-order valence-corrected chi connectivity index (χ3v) is 3.86. The van der Waals surface area contributed by atoms with E-state index in [0.717, 1.165) is 6.29 Å². The van der Waals surface area contributed by atoms with Crippen LogP contribution in [0.2, 0.25) is 0 Å². The number of hydrogen-bond donors (Lipinski definition) is 0. The molecule has 0 fully saturated rings. The van der Waals surface area contributed by atoms with Gasteiger partial charge in [-0.25, -0.2) is 0 Å². The number of carbonyl (C=O) groups is 1. The van der Waals surface area contributed by atoms with Gasteiger partial charge in [0, 0.05) is 0 Å². The number of allylic oxidation sites excluding steroid dienone is 9. The lowest BCUT2D eigenvalue weighted by Crippen LogP contribution is -2.18. The summed E-state index contributed by atoms with van der Waals surface area (Å²) in [4.78, 5) is 10.2. The van der Waals surface area contributed by atoms with Crippen LogP contribution in [0.1, 0.15) is 40.0 Å². The second-order valence-electron chi connectivity index (χ2n) is 5.94. The van der Waals surface area contributed by atoms with Gasteiger partial charge in [-0.15, -0.1) is 0 Å². The summed E-state index contributed by atoms with van der Waals surface area (Å²) in [5.74, 6) is 0.714. The van der Waals surface area contributed by atoms with E-state index in [-0.39, 0.29) is 5.41 Å². The minimum absolute atomic E-state index is 0.263. The van der Waals surface area contributed by atoms with Crippen molar-refractivity contribution in [1.29, 1.82) is 0 Å². The van der Waals surface area contributed by atoms with Gasteiger partial charge < -0.3 is 4.74 Å². The average Bonchev–Trinajstić information content (AvgIpc) is 2.43. The minimum Gasteiger partial charge on any atom is -0.497 e. The highest BCUT2D eigenvalue weighted by molar-refractivity contribution is 5.65. The highest BCUT2D eigenvalue weighted by Gasteiger charge is 2.26. The van der Waals surface area contributed by atoms with Crippen molar-refractivity contribution in [3.63, 3.8) is 0 Å². The van der Waals surface area contributed by atoms with Crippen molar-refractivity contribution in [1.82, 2.24) is 0 Å². The van der Waals surface area contributed by atoms with Gasteiger partial charge >= 0.3 is 0 Å². The van der Waals surface area contributed by atoms with Crippen LogP contribution in [0, 0.1) is 5.41 Å². The summed E-state index contributed by atoms with van der Waals surface area (Å²) in [6, 6.07) is 0. The molecule has 0 radical (unpaired) electrons. The van der Waals surface area contributed by atoms with Gasteiger partial charge in [0.2, 0.25) is 0 Å². The van der Waals surface area contributed by atoms with Crippen LogP contribution in [0.4, 0.5) is 0 Å². The van der Waals surface area contributed by atoms with E-state index in [0.29, 0.717) is 5.76 Å². The third kappa shape index (κ3) is 5.58. The zero-order valence-electron chi connectivity index (χ0n) is 13.6. The maximum absolute atomic E-state index is 10.2. The second-order valence-corrected chi connectivity index (χ2v) is 5.94. The molecule has 0 amide bonds. The van der Waals surface area contributed by atoms with Crippen molar-refractivity contribution in [2.45, 2.75) is 40.0 Å². The fourth-order valence-corrected chi connectivity index (χ4v) is 2.70. The van der Waals surface area contributed by atoms with Crippen molar-refractivity contribution in [3.05, 3.63) is 59.4 Å². The van der Waals surface area contributed by atoms with Gasteiger partial charge in [-0.3, -0.25) is 4.79 Å². The molecule has 0 unspecified atom stereocenters. The standard InChI is InChI=1S/C19H26O2/c1-16-10-9-14-19(2,3)18(16)13-6-5-11-17(21-4)12-7-8-15-20/h5-8,11-13,15H,9-10,14H2,1-4H3/b8-7+,11-5+,13-6+,17-12+. The summed E-state index contributed by atoms with van der Waals surface area (Å²) in [5, 5.41) is 0. The van der Waals surface area contributed by atoms with E-state index in [9.17, 15) is 4.79 Å². The largest absolute Gasteiger partial charge is 0.497 e. The number of carbonyl (C=O) groups excluding carboxylic acids is 1. The Labute approximate surface area is 128 Å². The Balaban J connectivity index is 2.76. The summed E-state index contributed by atoms with van der Waals surface area (Å²) in [7, 11) is 1.62. The summed E-state index contributed by atoms with van der Waals surface area (Å²) >= 11 is 0. The fourth-order valence-electron chi connectivity index (χ4n) is 2.70. The molecule has 0 saturated carbocycles.